The first-order chi connectivity index (χ1) is 22.7. The number of aromatic amines is 2. The van der Waals surface area contributed by atoms with Gasteiger partial charge in [0.05, 0.1) is 44.4 Å². The lowest BCUT2D eigenvalue weighted by atomic mass is 10.2. The highest BCUT2D eigenvalue weighted by Crippen LogP contribution is 2.15. The summed E-state index contributed by atoms with van der Waals surface area (Å²) in [7, 11) is 2.64. The number of esters is 1. The first kappa shape index (κ1) is 33.9. The van der Waals surface area contributed by atoms with Crippen LogP contribution in [0.4, 0.5) is 0 Å². The number of nitrogens with zero attached hydrogens (tertiary/aromatic N) is 2. The van der Waals surface area contributed by atoms with E-state index in [1.165, 1.54) is 62.8 Å². The normalized spacial score (nSPS) is 10.8. The second-order valence-electron chi connectivity index (χ2n) is 9.46. The molecule has 0 atom stereocenters. The van der Waals surface area contributed by atoms with Gasteiger partial charge in [0.25, 0.3) is 11.1 Å². The van der Waals surface area contributed by atoms with Gasteiger partial charge >= 0.3 is 17.3 Å². The lowest BCUT2D eigenvalue weighted by Gasteiger charge is -2.11. The fourth-order valence-electron chi connectivity index (χ4n) is 4.38. The van der Waals surface area contributed by atoms with Crippen LogP contribution in [0.3, 0.4) is 0 Å². The van der Waals surface area contributed by atoms with E-state index in [9.17, 15) is 24.0 Å². The van der Waals surface area contributed by atoms with Gasteiger partial charge in [-0.2, -0.15) is 0 Å². The van der Waals surface area contributed by atoms with Gasteiger partial charge in [-0.3, -0.25) is 19.6 Å². The number of H-pyrrole nitrogens is 2. The van der Waals surface area contributed by atoms with Crippen molar-refractivity contribution in [1.82, 2.24) is 19.1 Å². The third-order valence-corrected chi connectivity index (χ3v) is 6.55. The standard InChI is InChI=1S/C33H32N4O10/c1-5-45-27-25(29(38)36(32(41)34-27)23-16-12-21(13-17-23)20-47-44-4)10-8-7-9-11-26-28(46-6-2)35-33(42)37(30(26)39)24-18-14-22(15-19-24)31(40)43-3/h7,9-19H,5-6,20H2,1-4H3,(H,34,41)(H,35,42). The van der Waals surface area contributed by atoms with E-state index in [1.54, 1.807) is 38.1 Å². The molecular weight excluding hydrogens is 612 g/mol. The van der Waals surface area contributed by atoms with Gasteiger partial charge in [-0.1, -0.05) is 18.2 Å². The quantitative estimate of drug-likeness (QED) is 0.0725. The zero-order chi connectivity index (χ0) is 33.9. The van der Waals surface area contributed by atoms with Gasteiger partial charge in [0.15, 0.2) is 0 Å². The zero-order valence-electron chi connectivity index (χ0n) is 26.0. The average Bonchev–Trinajstić information content (AvgIpc) is 3.06. The summed E-state index contributed by atoms with van der Waals surface area (Å²) in [6.07, 6.45) is 5.63. The molecule has 0 fully saturated rings. The minimum Gasteiger partial charge on any atom is -0.479 e. The Morgan fingerprint density at radius 3 is 1.85 bits per heavy atom. The number of hydrogen-bond acceptors (Lipinski definition) is 10. The number of rotatable bonds is 13. The Labute approximate surface area is 267 Å². The van der Waals surface area contributed by atoms with Crippen LogP contribution in [0.25, 0.3) is 23.5 Å². The van der Waals surface area contributed by atoms with Crippen molar-refractivity contribution >= 4 is 18.1 Å². The molecule has 0 amide bonds. The molecule has 244 valence electrons. The molecular formula is C33H32N4O10. The summed E-state index contributed by atoms with van der Waals surface area (Å²) in [5, 5.41) is 0. The summed E-state index contributed by atoms with van der Waals surface area (Å²) in [4.78, 5) is 79.1. The first-order valence-corrected chi connectivity index (χ1v) is 14.3. The molecule has 14 heteroatoms. The van der Waals surface area contributed by atoms with Gasteiger partial charge in [0.1, 0.15) is 17.7 Å². The number of nitrogens with one attached hydrogen (secondary N) is 2. The summed E-state index contributed by atoms with van der Waals surface area (Å²) in [6.45, 7) is 3.94. The Morgan fingerprint density at radius 2 is 1.32 bits per heavy atom. The lowest BCUT2D eigenvalue weighted by molar-refractivity contribution is -0.282. The van der Waals surface area contributed by atoms with E-state index in [-0.39, 0.29) is 54.0 Å². The number of allylic oxidation sites excluding steroid dienone is 2. The van der Waals surface area contributed by atoms with Gasteiger partial charge in [-0.15, -0.1) is 5.73 Å². The third-order valence-electron chi connectivity index (χ3n) is 6.55. The minimum absolute atomic E-state index is 0.0275. The maximum absolute atomic E-state index is 13.5. The van der Waals surface area contributed by atoms with Crippen LogP contribution in [0, 0.1) is 0 Å². The number of hydrogen-bond donors (Lipinski definition) is 2. The summed E-state index contributed by atoms with van der Waals surface area (Å²) >= 11 is 0. The van der Waals surface area contributed by atoms with Gasteiger partial charge in [-0.25, -0.2) is 33.3 Å². The Bertz CT molecular complexity index is 2060. The fourth-order valence-corrected chi connectivity index (χ4v) is 4.38. The zero-order valence-corrected chi connectivity index (χ0v) is 26.0. The van der Waals surface area contributed by atoms with E-state index in [4.69, 9.17) is 19.1 Å². The molecule has 0 saturated heterocycles. The number of ether oxygens (including phenoxy) is 3. The molecule has 14 nitrogen and oxygen atoms in total. The van der Waals surface area contributed by atoms with Crippen molar-refractivity contribution in [2.75, 3.05) is 27.4 Å². The maximum Gasteiger partial charge on any atom is 0.337 e. The Balaban J connectivity index is 1.72. The average molecular weight is 645 g/mol. The highest BCUT2D eigenvalue weighted by Gasteiger charge is 2.16. The van der Waals surface area contributed by atoms with Crippen molar-refractivity contribution in [1.29, 1.82) is 0 Å². The van der Waals surface area contributed by atoms with Crippen molar-refractivity contribution < 1.29 is 28.8 Å². The molecule has 0 aliphatic carbocycles. The highest BCUT2D eigenvalue weighted by molar-refractivity contribution is 5.89. The summed E-state index contributed by atoms with van der Waals surface area (Å²) < 4.78 is 17.6. The minimum atomic E-state index is -0.743. The maximum atomic E-state index is 13.5. The molecule has 0 aliphatic rings. The van der Waals surface area contributed by atoms with Crippen molar-refractivity contribution in [3.63, 3.8) is 0 Å². The number of methoxy groups -OCH3 is 1. The SMILES string of the molecule is CCOc1[nH]c(=O)n(-c2ccc(COOC)cc2)c(=O)c1C=C=CC=Cc1c(OCC)[nH]c(=O)n(-c2ccc(C(=O)OC)cc2)c1=O. The topological polar surface area (TPSA) is 173 Å². The van der Waals surface area contributed by atoms with Crippen molar-refractivity contribution in [2.24, 2.45) is 0 Å². The van der Waals surface area contributed by atoms with Gasteiger partial charge in [-0.05, 0) is 74.0 Å². The smallest absolute Gasteiger partial charge is 0.337 e. The van der Waals surface area contributed by atoms with Crippen molar-refractivity contribution in [3.8, 4) is 23.1 Å². The van der Waals surface area contributed by atoms with Gasteiger partial charge in [0, 0.05) is 0 Å². The second-order valence-corrected chi connectivity index (χ2v) is 9.46. The molecule has 2 heterocycles. The molecule has 2 aromatic carbocycles. The van der Waals surface area contributed by atoms with Crippen LogP contribution in [0.5, 0.6) is 11.8 Å². The first-order valence-electron chi connectivity index (χ1n) is 14.3. The molecule has 0 aliphatic heterocycles. The van der Waals surface area contributed by atoms with E-state index in [0.717, 1.165) is 14.7 Å². The Morgan fingerprint density at radius 1 is 0.787 bits per heavy atom. The number of carbonyl (C=O) groups is 1. The predicted octanol–water partition coefficient (Wildman–Crippen LogP) is 2.91. The summed E-state index contributed by atoms with van der Waals surface area (Å²) in [5.41, 5.74) is 1.67. The van der Waals surface area contributed by atoms with E-state index in [1.807, 2.05) is 0 Å². The molecule has 4 aromatic rings. The number of benzene rings is 2. The van der Waals surface area contributed by atoms with Crippen LogP contribution in [0.15, 0.2) is 85.6 Å². The molecule has 0 spiro atoms. The molecule has 2 N–H and O–H groups in total. The lowest BCUT2D eigenvalue weighted by Crippen LogP contribution is -2.35. The number of aromatic nitrogens is 4. The summed E-state index contributed by atoms with van der Waals surface area (Å²) in [5.74, 6) is -0.639. The van der Waals surface area contributed by atoms with Crippen LogP contribution in [0.1, 0.15) is 40.9 Å². The monoisotopic (exact) mass is 644 g/mol. The Kier molecular flexibility index (Phi) is 11.5. The van der Waals surface area contributed by atoms with Gasteiger partial charge < -0.3 is 14.2 Å². The van der Waals surface area contributed by atoms with Crippen LogP contribution in [-0.4, -0.2) is 52.5 Å². The van der Waals surface area contributed by atoms with E-state index < -0.39 is 28.5 Å². The van der Waals surface area contributed by atoms with Gasteiger partial charge in [0.2, 0.25) is 11.8 Å². The molecule has 2 aromatic heterocycles. The molecule has 4 rings (SSSR count). The molecule has 0 unspecified atom stereocenters. The fraction of sp³-hybridized carbons (Fsp3) is 0.212. The van der Waals surface area contributed by atoms with Crippen molar-refractivity contribution in [2.45, 2.75) is 20.5 Å². The van der Waals surface area contributed by atoms with Crippen LogP contribution >= 0.6 is 0 Å². The number of carbonyl (C=O) groups excluding carboxylic acids is 1. The van der Waals surface area contributed by atoms with E-state index in [0.29, 0.717) is 5.69 Å². The van der Waals surface area contributed by atoms with E-state index >= 15 is 0 Å². The van der Waals surface area contributed by atoms with Crippen molar-refractivity contribution in [3.05, 3.63) is 130 Å². The third kappa shape index (κ3) is 7.83. The second kappa shape index (κ2) is 15.9. The largest absolute Gasteiger partial charge is 0.479 e. The molecule has 0 saturated carbocycles. The van der Waals surface area contributed by atoms with Crippen LogP contribution < -0.4 is 32.0 Å². The molecule has 47 heavy (non-hydrogen) atoms. The molecule has 0 radical (unpaired) electrons. The predicted molar refractivity (Wildman–Crippen MR) is 172 cm³/mol. The van der Waals surface area contributed by atoms with Crippen LogP contribution in [-0.2, 0) is 21.1 Å². The van der Waals surface area contributed by atoms with E-state index in [2.05, 4.69) is 20.6 Å². The Hall–Kier alpha value is -5.95. The van der Waals surface area contributed by atoms with Crippen LogP contribution in [0.2, 0.25) is 0 Å². The molecule has 0 bridgehead atoms. The highest BCUT2D eigenvalue weighted by atomic mass is 17.2. The summed E-state index contributed by atoms with van der Waals surface area (Å²) in [6, 6.07) is 12.3.